The molecule has 12 heteroatoms. The van der Waals surface area contributed by atoms with Crippen molar-refractivity contribution in [1.82, 2.24) is 19.5 Å². The van der Waals surface area contributed by atoms with Gasteiger partial charge in [0, 0.05) is 12.7 Å². The molecule has 2 N–H and O–H groups in total. The Morgan fingerprint density at radius 1 is 1.14 bits per heavy atom. The van der Waals surface area contributed by atoms with Crippen molar-refractivity contribution in [3.8, 4) is 23.1 Å². The summed E-state index contributed by atoms with van der Waals surface area (Å²) in [5, 5.41) is 9.67. The van der Waals surface area contributed by atoms with Gasteiger partial charge in [-0.3, -0.25) is 4.98 Å². The van der Waals surface area contributed by atoms with Crippen LogP contribution in [-0.2, 0) is 13.0 Å². The van der Waals surface area contributed by atoms with Gasteiger partial charge in [0.15, 0.2) is 17.3 Å². The Balaban J connectivity index is 1.84. The molecule has 0 unspecified atom stereocenters. The smallest absolute Gasteiger partial charge is 0.332 e. The number of aromatic amines is 1. The van der Waals surface area contributed by atoms with E-state index < -0.39 is 17.3 Å². The van der Waals surface area contributed by atoms with Gasteiger partial charge in [0.25, 0.3) is 0 Å². The van der Waals surface area contributed by atoms with E-state index >= 15 is 0 Å². The Morgan fingerprint density at radius 3 is 2.60 bits per heavy atom. The molecule has 0 saturated heterocycles. The molecule has 2 heterocycles. The summed E-state index contributed by atoms with van der Waals surface area (Å²) >= 11 is 6.51. The van der Waals surface area contributed by atoms with E-state index in [0.717, 1.165) is 6.07 Å². The number of benzene rings is 2. The third-order valence-corrected chi connectivity index (χ3v) is 5.61. The van der Waals surface area contributed by atoms with Crippen LogP contribution in [0.2, 0.25) is 5.02 Å². The maximum absolute atomic E-state index is 14.4. The number of rotatable bonds is 8. The van der Waals surface area contributed by atoms with E-state index in [1.165, 1.54) is 37.0 Å². The fourth-order valence-corrected chi connectivity index (χ4v) is 3.96. The molecule has 0 aliphatic rings. The van der Waals surface area contributed by atoms with E-state index in [2.05, 4.69) is 15.0 Å². The van der Waals surface area contributed by atoms with Gasteiger partial charge in [-0.05, 0) is 37.1 Å². The third kappa shape index (κ3) is 4.52. The van der Waals surface area contributed by atoms with Gasteiger partial charge in [0.1, 0.15) is 29.4 Å². The third-order valence-electron chi connectivity index (χ3n) is 5.31. The summed E-state index contributed by atoms with van der Waals surface area (Å²) in [6, 6.07) is 5.24. The number of hydrogen-bond acceptors (Lipinski definition) is 7. The van der Waals surface area contributed by atoms with Crippen molar-refractivity contribution < 1.29 is 28.1 Å². The van der Waals surface area contributed by atoms with Crippen LogP contribution >= 0.6 is 11.6 Å². The second-order valence-electron chi connectivity index (χ2n) is 7.46. The van der Waals surface area contributed by atoms with Crippen LogP contribution in [0.3, 0.4) is 0 Å². The highest BCUT2D eigenvalue weighted by Crippen LogP contribution is 2.33. The first-order valence-electron chi connectivity index (χ1n) is 10.4. The minimum absolute atomic E-state index is 0.105. The van der Waals surface area contributed by atoms with E-state index in [9.17, 15) is 18.7 Å². The predicted molar refractivity (Wildman–Crippen MR) is 124 cm³/mol. The molecule has 0 bridgehead atoms. The number of halogens is 3. The molecule has 4 aromatic rings. The summed E-state index contributed by atoms with van der Waals surface area (Å²) in [6.45, 7) is 1.04. The van der Waals surface area contributed by atoms with Crippen molar-refractivity contribution >= 4 is 22.8 Å². The first-order valence-corrected chi connectivity index (χ1v) is 10.8. The quantitative estimate of drug-likeness (QED) is 0.376. The molecule has 0 atom stereocenters. The van der Waals surface area contributed by atoms with Gasteiger partial charge in [-0.2, -0.15) is 4.98 Å². The van der Waals surface area contributed by atoms with Crippen molar-refractivity contribution in [1.29, 1.82) is 0 Å². The number of H-pyrrole nitrogens is 1. The molecular weight excluding hydrogens is 486 g/mol. The molecule has 0 fully saturated rings. The van der Waals surface area contributed by atoms with Crippen LogP contribution in [0.25, 0.3) is 16.9 Å². The fraction of sp³-hybridized carbons (Fsp3) is 0.261. The Kier molecular flexibility index (Phi) is 6.90. The highest BCUT2D eigenvalue weighted by atomic mass is 35.5. The molecule has 4 rings (SSSR count). The molecule has 0 saturated carbocycles. The number of ether oxygens (including phenoxy) is 3. The van der Waals surface area contributed by atoms with E-state index in [1.807, 2.05) is 0 Å². The number of aryl methyl sites for hydroxylation is 1. The molecule has 9 nitrogen and oxygen atoms in total. The van der Waals surface area contributed by atoms with Crippen LogP contribution in [0.1, 0.15) is 17.0 Å². The number of nitrogens with one attached hydrogen (secondary N) is 1. The Hall–Kier alpha value is -3.70. The van der Waals surface area contributed by atoms with E-state index in [4.69, 9.17) is 25.8 Å². The maximum Gasteiger partial charge on any atom is 0.332 e. The summed E-state index contributed by atoms with van der Waals surface area (Å²) < 4.78 is 45.7. The highest BCUT2D eigenvalue weighted by molar-refractivity contribution is 6.32. The Morgan fingerprint density at radius 2 is 1.91 bits per heavy atom. The van der Waals surface area contributed by atoms with Crippen LogP contribution in [0.4, 0.5) is 8.78 Å². The molecule has 35 heavy (non-hydrogen) atoms. The fourth-order valence-electron chi connectivity index (χ4n) is 3.69. The first-order chi connectivity index (χ1) is 16.8. The standard InChI is InChI=1S/C23H21ClF2N4O5/c1-11-27-21-20(22(28-11)34-3)29-23(32)30(21)16-9-18(12(6-7-31)8-14(16)24)35-10-13-17(33-2)5-4-15(25)19(13)26/h4-5,8-9,31H,6-7,10H2,1-3H3,(H,29,32). The van der Waals surface area contributed by atoms with Gasteiger partial charge in [-0.15, -0.1) is 0 Å². The number of nitrogens with zero attached hydrogens (tertiary/aromatic N) is 3. The van der Waals surface area contributed by atoms with E-state index in [0.29, 0.717) is 11.4 Å². The van der Waals surface area contributed by atoms with Crippen molar-refractivity contribution in [2.75, 3.05) is 20.8 Å². The van der Waals surface area contributed by atoms with Crippen molar-refractivity contribution in [2.45, 2.75) is 20.0 Å². The lowest BCUT2D eigenvalue weighted by atomic mass is 10.1. The molecule has 2 aromatic carbocycles. The van der Waals surface area contributed by atoms with Crippen LogP contribution in [0.5, 0.6) is 17.4 Å². The molecule has 0 aliphatic heterocycles. The summed E-state index contributed by atoms with van der Waals surface area (Å²) in [5.74, 6) is -1.31. The van der Waals surface area contributed by atoms with Crippen molar-refractivity contribution in [3.63, 3.8) is 0 Å². The topological polar surface area (TPSA) is 111 Å². The maximum atomic E-state index is 14.4. The number of methoxy groups -OCH3 is 2. The zero-order valence-corrected chi connectivity index (χ0v) is 19.7. The van der Waals surface area contributed by atoms with Crippen molar-refractivity contribution in [2.24, 2.45) is 0 Å². The number of aromatic nitrogens is 4. The zero-order valence-electron chi connectivity index (χ0n) is 19.0. The molecule has 0 spiro atoms. The van der Waals surface area contributed by atoms with Crippen LogP contribution < -0.4 is 19.9 Å². The number of fused-ring (bicyclic) bond motifs is 1. The van der Waals surface area contributed by atoms with Crippen molar-refractivity contribution in [3.05, 3.63) is 68.4 Å². The number of aliphatic hydroxyl groups is 1. The second kappa shape index (κ2) is 9.88. The monoisotopic (exact) mass is 506 g/mol. The average Bonchev–Trinajstić information content (AvgIpc) is 3.16. The minimum Gasteiger partial charge on any atom is -0.496 e. The summed E-state index contributed by atoms with van der Waals surface area (Å²) in [6.07, 6.45) is 0.163. The summed E-state index contributed by atoms with van der Waals surface area (Å²) in [4.78, 5) is 24.0. The molecule has 0 amide bonds. The lowest BCUT2D eigenvalue weighted by Gasteiger charge is -2.16. The van der Waals surface area contributed by atoms with Gasteiger partial charge < -0.3 is 19.3 Å². The summed E-state index contributed by atoms with van der Waals surface area (Å²) in [5.41, 5.74) is 0.516. The van der Waals surface area contributed by atoms with Gasteiger partial charge in [0.2, 0.25) is 5.88 Å². The van der Waals surface area contributed by atoms with Crippen LogP contribution in [-0.4, -0.2) is 45.5 Å². The van der Waals surface area contributed by atoms with Gasteiger partial charge >= 0.3 is 5.69 Å². The summed E-state index contributed by atoms with van der Waals surface area (Å²) in [7, 11) is 2.74. The van der Waals surface area contributed by atoms with E-state index in [-0.39, 0.29) is 64.5 Å². The number of aliphatic hydroxyl groups excluding tert-OH is 1. The van der Waals surface area contributed by atoms with Gasteiger partial charge in [-0.25, -0.2) is 23.1 Å². The molecule has 2 aromatic heterocycles. The Bertz CT molecular complexity index is 1470. The van der Waals surface area contributed by atoms with E-state index in [1.54, 1.807) is 6.92 Å². The highest BCUT2D eigenvalue weighted by Gasteiger charge is 2.21. The number of imidazole rings is 1. The number of hydrogen-bond donors (Lipinski definition) is 2. The second-order valence-corrected chi connectivity index (χ2v) is 7.87. The first kappa shape index (κ1) is 24.4. The predicted octanol–water partition coefficient (Wildman–Crippen LogP) is 3.48. The molecule has 184 valence electrons. The van der Waals surface area contributed by atoms with Crippen LogP contribution in [0, 0.1) is 18.6 Å². The minimum atomic E-state index is -1.10. The largest absolute Gasteiger partial charge is 0.496 e. The molecule has 0 aliphatic carbocycles. The molecular formula is C23H21ClF2N4O5. The SMILES string of the molecule is COc1ccc(F)c(F)c1COc1cc(-n2c(=O)[nH]c3c(OC)nc(C)nc32)c(Cl)cc1CCO. The van der Waals surface area contributed by atoms with Gasteiger partial charge in [-0.1, -0.05) is 11.6 Å². The van der Waals surface area contributed by atoms with Crippen LogP contribution in [0.15, 0.2) is 29.1 Å². The lowest BCUT2D eigenvalue weighted by molar-refractivity contribution is 0.274. The average molecular weight is 507 g/mol. The lowest BCUT2D eigenvalue weighted by Crippen LogP contribution is -2.16. The Labute approximate surface area is 202 Å². The molecule has 0 radical (unpaired) electrons. The normalized spacial score (nSPS) is 11.2. The zero-order chi connectivity index (χ0) is 25.3. The van der Waals surface area contributed by atoms with Gasteiger partial charge in [0.05, 0.1) is 30.5 Å².